The SMILES string of the molecule is CSCCCCCc1ccncc1. The molecule has 2 heteroatoms. The maximum Gasteiger partial charge on any atom is 0.0270 e. The largest absolute Gasteiger partial charge is 0.265 e. The van der Waals surface area contributed by atoms with Crippen molar-refractivity contribution in [2.45, 2.75) is 25.7 Å². The molecule has 0 atom stereocenters. The molecule has 0 spiro atoms. The Bertz CT molecular complexity index is 211. The van der Waals surface area contributed by atoms with E-state index in [0.717, 1.165) is 0 Å². The molecule has 0 aliphatic carbocycles. The minimum absolute atomic E-state index is 1.21. The molecule has 1 nitrogen and oxygen atoms in total. The highest BCUT2D eigenvalue weighted by molar-refractivity contribution is 7.98. The first kappa shape index (κ1) is 10.6. The molecule has 0 saturated carbocycles. The lowest BCUT2D eigenvalue weighted by Gasteiger charge is -2.00. The van der Waals surface area contributed by atoms with Crippen LogP contribution >= 0.6 is 11.8 Å². The topological polar surface area (TPSA) is 12.9 Å². The van der Waals surface area contributed by atoms with Crippen LogP contribution in [-0.2, 0) is 6.42 Å². The summed E-state index contributed by atoms with van der Waals surface area (Å²) in [6.07, 6.45) is 11.1. The van der Waals surface area contributed by atoms with Gasteiger partial charge < -0.3 is 0 Å². The predicted octanol–water partition coefficient (Wildman–Crippen LogP) is 3.16. The van der Waals surface area contributed by atoms with E-state index in [1.165, 1.54) is 37.0 Å². The first-order valence-corrected chi connectivity index (χ1v) is 6.20. The summed E-state index contributed by atoms with van der Waals surface area (Å²) in [6, 6.07) is 4.21. The molecule has 0 saturated heterocycles. The second-order valence-electron chi connectivity index (χ2n) is 3.16. The number of pyridine rings is 1. The molecule has 0 bridgehead atoms. The summed E-state index contributed by atoms with van der Waals surface area (Å²) in [4.78, 5) is 4.00. The number of hydrogen-bond donors (Lipinski definition) is 0. The van der Waals surface area contributed by atoms with Crippen LogP contribution in [0.2, 0.25) is 0 Å². The lowest BCUT2D eigenvalue weighted by molar-refractivity contribution is 0.722. The van der Waals surface area contributed by atoms with Crippen molar-refractivity contribution in [1.29, 1.82) is 0 Å². The normalized spacial score (nSPS) is 10.2. The van der Waals surface area contributed by atoms with Crippen LogP contribution in [0.3, 0.4) is 0 Å². The highest BCUT2D eigenvalue weighted by Crippen LogP contribution is 2.07. The number of nitrogens with zero attached hydrogens (tertiary/aromatic N) is 1. The molecule has 0 fully saturated rings. The van der Waals surface area contributed by atoms with E-state index in [4.69, 9.17) is 0 Å². The maximum absolute atomic E-state index is 4.00. The Labute approximate surface area is 85.0 Å². The molecule has 1 rings (SSSR count). The summed E-state index contributed by atoms with van der Waals surface area (Å²) in [7, 11) is 0. The quantitative estimate of drug-likeness (QED) is 0.647. The second kappa shape index (κ2) is 6.96. The van der Waals surface area contributed by atoms with Crippen LogP contribution < -0.4 is 0 Å². The Morgan fingerprint density at radius 2 is 1.92 bits per heavy atom. The molecule has 0 aromatic carbocycles. The lowest BCUT2D eigenvalue weighted by Crippen LogP contribution is -1.86. The fourth-order valence-corrected chi connectivity index (χ4v) is 1.79. The molecule has 1 aromatic heterocycles. The van der Waals surface area contributed by atoms with Gasteiger partial charge in [-0.15, -0.1) is 0 Å². The minimum atomic E-state index is 1.21. The van der Waals surface area contributed by atoms with Gasteiger partial charge >= 0.3 is 0 Å². The van der Waals surface area contributed by atoms with Crippen LogP contribution in [-0.4, -0.2) is 17.0 Å². The Morgan fingerprint density at radius 1 is 1.15 bits per heavy atom. The minimum Gasteiger partial charge on any atom is -0.265 e. The summed E-state index contributed by atoms with van der Waals surface area (Å²) in [5, 5.41) is 0. The Hall–Kier alpha value is -0.500. The van der Waals surface area contributed by atoms with Crippen LogP contribution in [0, 0.1) is 0 Å². The first-order chi connectivity index (χ1) is 6.43. The summed E-state index contributed by atoms with van der Waals surface area (Å²) >= 11 is 1.94. The average Bonchev–Trinajstić information content (AvgIpc) is 2.19. The molecular formula is C11H17NS. The number of hydrogen-bond acceptors (Lipinski definition) is 2. The molecule has 0 unspecified atom stereocenters. The van der Waals surface area contributed by atoms with Crippen LogP contribution in [0.5, 0.6) is 0 Å². The summed E-state index contributed by atoms with van der Waals surface area (Å²) < 4.78 is 0. The van der Waals surface area contributed by atoms with Crippen molar-refractivity contribution in [1.82, 2.24) is 4.98 Å². The number of aryl methyl sites for hydroxylation is 1. The number of rotatable bonds is 6. The molecule has 13 heavy (non-hydrogen) atoms. The van der Waals surface area contributed by atoms with E-state index in [2.05, 4.69) is 23.4 Å². The monoisotopic (exact) mass is 195 g/mol. The van der Waals surface area contributed by atoms with Gasteiger partial charge in [-0.2, -0.15) is 11.8 Å². The zero-order valence-electron chi connectivity index (χ0n) is 8.20. The Balaban J connectivity index is 2.07. The van der Waals surface area contributed by atoms with Crippen molar-refractivity contribution >= 4 is 11.8 Å². The fraction of sp³-hybridized carbons (Fsp3) is 0.545. The van der Waals surface area contributed by atoms with Crippen molar-refractivity contribution in [3.8, 4) is 0 Å². The zero-order chi connectivity index (χ0) is 9.36. The molecule has 0 aliphatic heterocycles. The second-order valence-corrected chi connectivity index (χ2v) is 4.14. The Kier molecular flexibility index (Phi) is 5.66. The van der Waals surface area contributed by atoms with Gasteiger partial charge in [-0.3, -0.25) is 4.98 Å². The van der Waals surface area contributed by atoms with E-state index < -0.39 is 0 Å². The predicted molar refractivity (Wildman–Crippen MR) is 60.2 cm³/mol. The van der Waals surface area contributed by atoms with Gasteiger partial charge in [0.1, 0.15) is 0 Å². The average molecular weight is 195 g/mol. The van der Waals surface area contributed by atoms with E-state index in [-0.39, 0.29) is 0 Å². The fourth-order valence-electron chi connectivity index (χ4n) is 1.30. The molecule has 0 amide bonds. The smallest absolute Gasteiger partial charge is 0.0270 e. The molecule has 72 valence electrons. The maximum atomic E-state index is 4.00. The van der Waals surface area contributed by atoms with Crippen LogP contribution in [0.1, 0.15) is 24.8 Å². The van der Waals surface area contributed by atoms with Gasteiger partial charge in [0.25, 0.3) is 0 Å². The van der Waals surface area contributed by atoms with Gasteiger partial charge in [0.05, 0.1) is 0 Å². The van der Waals surface area contributed by atoms with E-state index in [1.807, 2.05) is 24.2 Å². The van der Waals surface area contributed by atoms with Crippen LogP contribution in [0.25, 0.3) is 0 Å². The third kappa shape index (κ3) is 4.94. The van der Waals surface area contributed by atoms with Crippen molar-refractivity contribution in [3.63, 3.8) is 0 Å². The summed E-state index contributed by atoms with van der Waals surface area (Å²) in [5.41, 5.74) is 1.42. The standard InChI is InChI=1S/C11H17NS/c1-13-10-4-2-3-5-11-6-8-12-9-7-11/h6-9H,2-5,10H2,1H3. The molecular weight excluding hydrogens is 178 g/mol. The van der Waals surface area contributed by atoms with Gasteiger partial charge in [0, 0.05) is 12.4 Å². The highest BCUT2D eigenvalue weighted by Gasteiger charge is 1.92. The highest BCUT2D eigenvalue weighted by atomic mass is 32.2. The summed E-state index contributed by atoms with van der Waals surface area (Å²) in [6.45, 7) is 0. The molecule has 0 radical (unpaired) electrons. The van der Waals surface area contributed by atoms with Gasteiger partial charge in [-0.05, 0) is 49.0 Å². The zero-order valence-corrected chi connectivity index (χ0v) is 9.02. The number of aromatic nitrogens is 1. The van der Waals surface area contributed by atoms with Crippen molar-refractivity contribution in [3.05, 3.63) is 30.1 Å². The molecule has 0 N–H and O–H groups in total. The van der Waals surface area contributed by atoms with Crippen LogP contribution in [0.4, 0.5) is 0 Å². The van der Waals surface area contributed by atoms with E-state index in [0.29, 0.717) is 0 Å². The van der Waals surface area contributed by atoms with E-state index >= 15 is 0 Å². The van der Waals surface area contributed by atoms with E-state index in [9.17, 15) is 0 Å². The van der Waals surface area contributed by atoms with Gasteiger partial charge in [-0.25, -0.2) is 0 Å². The third-order valence-electron chi connectivity index (χ3n) is 2.06. The number of unbranched alkanes of at least 4 members (excludes halogenated alkanes) is 2. The first-order valence-electron chi connectivity index (χ1n) is 4.81. The molecule has 1 aromatic rings. The number of thioether (sulfide) groups is 1. The van der Waals surface area contributed by atoms with Crippen molar-refractivity contribution in [2.75, 3.05) is 12.0 Å². The van der Waals surface area contributed by atoms with E-state index in [1.54, 1.807) is 0 Å². The van der Waals surface area contributed by atoms with Crippen molar-refractivity contribution in [2.24, 2.45) is 0 Å². The molecule has 1 heterocycles. The third-order valence-corrected chi connectivity index (χ3v) is 2.76. The van der Waals surface area contributed by atoms with Gasteiger partial charge in [0.2, 0.25) is 0 Å². The Morgan fingerprint density at radius 3 is 2.62 bits per heavy atom. The van der Waals surface area contributed by atoms with Crippen molar-refractivity contribution < 1.29 is 0 Å². The summed E-state index contributed by atoms with van der Waals surface area (Å²) in [5.74, 6) is 1.30. The molecule has 0 aliphatic rings. The van der Waals surface area contributed by atoms with Crippen LogP contribution in [0.15, 0.2) is 24.5 Å². The van der Waals surface area contributed by atoms with Gasteiger partial charge in [-0.1, -0.05) is 6.42 Å². The lowest BCUT2D eigenvalue weighted by atomic mass is 10.1. The van der Waals surface area contributed by atoms with Gasteiger partial charge in [0.15, 0.2) is 0 Å².